The number of hydrogen-bond acceptors (Lipinski definition) is 5. The van der Waals surface area contributed by atoms with Crippen molar-refractivity contribution in [2.24, 2.45) is 5.92 Å². The molecule has 0 aliphatic carbocycles. The molecule has 2 heterocycles. The molecule has 1 aliphatic rings. The van der Waals surface area contributed by atoms with Crippen molar-refractivity contribution >= 4 is 11.8 Å². The van der Waals surface area contributed by atoms with Crippen LogP contribution >= 0.6 is 11.8 Å². The molecule has 0 radical (unpaired) electrons. The van der Waals surface area contributed by atoms with E-state index < -0.39 is 0 Å². The lowest BCUT2D eigenvalue weighted by Gasteiger charge is -2.13. The molecule has 0 saturated carbocycles. The predicted octanol–water partition coefficient (Wildman–Crippen LogP) is 2.08. The van der Waals surface area contributed by atoms with Crippen LogP contribution in [-0.2, 0) is 6.42 Å². The average Bonchev–Trinajstić information content (AvgIpc) is 2.94. The van der Waals surface area contributed by atoms with E-state index in [0.29, 0.717) is 17.9 Å². The second kappa shape index (κ2) is 5.87. The highest BCUT2D eigenvalue weighted by molar-refractivity contribution is 7.99. The Morgan fingerprint density at radius 1 is 1.47 bits per heavy atom. The Bertz CT molecular complexity index is 353. The lowest BCUT2D eigenvalue weighted by molar-refractivity contribution is 0.339. The van der Waals surface area contributed by atoms with Gasteiger partial charge in [-0.05, 0) is 19.4 Å². The fraction of sp³-hybridized carbons (Fsp3) is 0.833. The van der Waals surface area contributed by atoms with E-state index in [4.69, 9.17) is 4.52 Å². The average molecular weight is 255 g/mol. The van der Waals surface area contributed by atoms with Crippen molar-refractivity contribution in [3.63, 3.8) is 0 Å². The molecule has 0 aromatic carbocycles. The SMILES string of the molecule is CNC1CSCC1c1nc(CCC(C)C)no1. The van der Waals surface area contributed by atoms with E-state index in [0.717, 1.165) is 36.1 Å². The Labute approximate surface area is 107 Å². The predicted molar refractivity (Wildman–Crippen MR) is 70.4 cm³/mol. The van der Waals surface area contributed by atoms with Gasteiger partial charge in [0.25, 0.3) is 0 Å². The summed E-state index contributed by atoms with van der Waals surface area (Å²) in [6.45, 7) is 4.43. The standard InChI is InChI=1S/C12H21N3OS/c1-8(2)4-5-11-14-12(16-15-11)9-6-17-7-10(9)13-3/h8-10,13H,4-7H2,1-3H3. The Morgan fingerprint density at radius 3 is 3.00 bits per heavy atom. The lowest BCUT2D eigenvalue weighted by atomic mass is 10.0. The first-order valence-corrected chi connectivity index (χ1v) is 7.43. The van der Waals surface area contributed by atoms with Crippen LogP contribution in [-0.4, -0.2) is 34.7 Å². The Hall–Kier alpha value is -0.550. The van der Waals surface area contributed by atoms with Gasteiger partial charge < -0.3 is 9.84 Å². The lowest BCUT2D eigenvalue weighted by Crippen LogP contribution is -2.31. The Balaban J connectivity index is 1.97. The van der Waals surface area contributed by atoms with Gasteiger partial charge in [0.1, 0.15) is 0 Å². The van der Waals surface area contributed by atoms with Gasteiger partial charge in [-0.3, -0.25) is 0 Å². The summed E-state index contributed by atoms with van der Waals surface area (Å²) < 4.78 is 5.40. The molecule has 0 bridgehead atoms. The second-order valence-electron chi connectivity index (χ2n) is 5.02. The number of likely N-dealkylation sites (N-methyl/N-ethyl adjacent to an activating group) is 1. The number of hydrogen-bond donors (Lipinski definition) is 1. The van der Waals surface area contributed by atoms with Gasteiger partial charge in [-0.25, -0.2) is 0 Å². The van der Waals surface area contributed by atoms with Crippen LogP contribution in [0.2, 0.25) is 0 Å². The Morgan fingerprint density at radius 2 is 2.29 bits per heavy atom. The number of nitrogens with one attached hydrogen (secondary N) is 1. The first-order valence-electron chi connectivity index (χ1n) is 6.28. The molecular formula is C12H21N3OS. The maximum atomic E-state index is 5.40. The van der Waals surface area contributed by atoms with Crippen LogP contribution in [0.3, 0.4) is 0 Å². The van der Waals surface area contributed by atoms with Crippen molar-refractivity contribution in [3.05, 3.63) is 11.7 Å². The molecule has 96 valence electrons. The molecule has 17 heavy (non-hydrogen) atoms. The molecule has 2 unspecified atom stereocenters. The van der Waals surface area contributed by atoms with Crippen molar-refractivity contribution < 1.29 is 4.52 Å². The third kappa shape index (κ3) is 3.22. The zero-order valence-electron chi connectivity index (χ0n) is 10.8. The van der Waals surface area contributed by atoms with Gasteiger partial charge in [-0.15, -0.1) is 0 Å². The maximum absolute atomic E-state index is 5.40. The summed E-state index contributed by atoms with van der Waals surface area (Å²) in [5, 5.41) is 7.40. The van der Waals surface area contributed by atoms with Crippen molar-refractivity contribution in [2.75, 3.05) is 18.6 Å². The molecule has 5 heteroatoms. The number of aromatic nitrogens is 2. The molecule has 1 aliphatic heterocycles. The highest BCUT2D eigenvalue weighted by atomic mass is 32.2. The summed E-state index contributed by atoms with van der Waals surface area (Å²) in [6, 6.07) is 0.471. The molecule has 4 nitrogen and oxygen atoms in total. The quantitative estimate of drug-likeness (QED) is 0.873. The summed E-state index contributed by atoms with van der Waals surface area (Å²) in [5.41, 5.74) is 0. The van der Waals surface area contributed by atoms with Crippen LogP contribution in [0, 0.1) is 5.92 Å². The van der Waals surface area contributed by atoms with Gasteiger partial charge in [0.2, 0.25) is 5.89 Å². The highest BCUT2D eigenvalue weighted by Crippen LogP contribution is 2.31. The van der Waals surface area contributed by atoms with E-state index in [-0.39, 0.29) is 0 Å². The third-order valence-electron chi connectivity index (χ3n) is 3.20. The number of aryl methyl sites for hydroxylation is 1. The number of rotatable bonds is 5. The summed E-state index contributed by atoms with van der Waals surface area (Å²) in [6.07, 6.45) is 2.04. The number of nitrogens with zero attached hydrogens (tertiary/aromatic N) is 2. The fourth-order valence-corrected chi connectivity index (χ4v) is 3.44. The molecular weight excluding hydrogens is 234 g/mol. The fourth-order valence-electron chi connectivity index (χ4n) is 2.02. The highest BCUT2D eigenvalue weighted by Gasteiger charge is 2.32. The molecule has 2 atom stereocenters. The molecule has 2 rings (SSSR count). The first kappa shape index (κ1) is 12.9. The summed E-state index contributed by atoms with van der Waals surface area (Å²) in [7, 11) is 2.00. The van der Waals surface area contributed by atoms with Crippen LogP contribution in [0.5, 0.6) is 0 Å². The van der Waals surface area contributed by atoms with E-state index in [1.54, 1.807) is 0 Å². The summed E-state index contributed by atoms with van der Waals surface area (Å²) in [5.74, 6) is 4.95. The molecule has 0 spiro atoms. The summed E-state index contributed by atoms with van der Waals surface area (Å²) in [4.78, 5) is 4.53. The largest absolute Gasteiger partial charge is 0.339 e. The van der Waals surface area contributed by atoms with Gasteiger partial charge >= 0.3 is 0 Å². The van der Waals surface area contributed by atoms with Crippen molar-refractivity contribution in [1.82, 2.24) is 15.5 Å². The maximum Gasteiger partial charge on any atom is 0.232 e. The molecule has 1 saturated heterocycles. The number of thioether (sulfide) groups is 1. The monoisotopic (exact) mass is 255 g/mol. The minimum atomic E-state index is 0.380. The van der Waals surface area contributed by atoms with Gasteiger partial charge in [0, 0.05) is 24.0 Å². The van der Waals surface area contributed by atoms with E-state index in [1.807, 2.05) is 18.8 Å². The van der Waals surface area contributed by atoms with Gasteiger partial charge in [-0.2, -0.15) is 16.7 Å². The van der Waals surface area contributed by atoms with Crippen molar-refractivity contribution in [1.29, 1.82) is 0 Å². The minimum Gasteiger partial charge on any atom is -0.339 e. The van der Waals surface area contributed by atoms with Crippen molar-refractivity contribution in [2.45, 2.75) is 38.6 Å². The minimum absolute atomic E-state index is 0.380. The van der Waals surface area contributed by atoms with E-state index in [2.05, 4.69) is 29.3 Å². The first-order chi connectivity index (χ1) is 8.20. The smallest absolute Gasteiger partial charge is 0.232 e. The van der Waals surface area contributed by atoms with E-state index >= 15 is 0 Å². The topological polar surface area (TPSA) is 51.0 Å². The van der Waals surface area contributed by atoms with Crippen LogP contribution in [0.15, 0.2) is 4.52 Å². The molecule has 1 N–H and O–H groups in total. The molecule has 0 amide bonds. The summed E-state index contributed by atoms with van der Waals surface area (Å²) >= 11 is 1.95. The van der Waals surface area contributed by atoms with E-state index in [1.165, 1.54) is 0 Å². The second-order valence-corrected chi connectivity index (χ2v) is 6.10. The zero-order chi connectivity index (χ0) is 12.3. The third-order valence-corrected chi connectivity index (χ3v) is 4.39. The van der Waals surface area contributed by atoms with Crippen LogP contribution in [0.1, 0.15) is 37.9 Å². The molecule has 1 aromatic heterocycles. The van der Waals surface area contributed by atoms with Crippen LogP contribution in [0.25, 0.3) is 0 Å². The Kier molecular flexibility index (Phi) is 4.45. The zero-order valence-corrected chi connectivity index (χ0v) is 11.6. The van der Waals surface area contributed by atoms with Gasteiger partial charge in [-0.1, -0.05) is 19.0 Å². The van der Waals surface area contributed by atoms with Crippen molar-refractivity contribution in [3.8, 4) is 0 Å². The molecule has 1 fully saturated rings. The molecule has 1 aromatic rings. The van der Waals surface area contributed by atoms with Crippen LogP contribution < -0.4 is 5.32 Å². The van der Waals surface area contributed by atoms with E-state index in [9.17, 15) is 0 Å². The normalized spacial score (nSPS) is 24.7. The van der Waals surface area contributed by atoms with Gasteiger partial charge in [0.15, 0.2) is 5.82 Å². The van der Waals surface area contributed by atoms with Gasteiger partial charge in [0.05, 0.1) is 5.92 Å². The van der Waals surface area contributed by atoms with Crippen LogP contribution in [0.4, 0.5) is 0 Å².